The van der Waals surface area contributed by atoms with E-state index in [1.807, 2.05) is 36.5 Å². The summed E-state index contributed by atoms with van der Waals surface area (Å²) in [5.74, 6) is 0. The van der Waals surface area contributed by atoms with Gasteiger partial charge < -0.3 is 5.73 Å². The molecule has 3 aromatic rings. The highest BCUT2D eigenvalue weighted by Gasteiger charge is 2.09. The number of hydrogen-bond acceptors (Lipinski definition) is 2. The number of nitrogens with two attached hydrogens (primary N) is 1. The summed E-state index contributed by atoms with van der Waals surface area (Å²) in [6.07, 6.45) is 3.59. The second-order valence-corrected chi connectivity index (χ2v) is 6.20. The number of benzene rings is 2. The van der Waals surface area contributed by atoms with Gasteiger partial charge in [0.2, 0.25) is 0 Å². The number of para-hydroxylation sites is 1. The van der Waals surface area contributed by atoms with Gasteiger partial charge in [0.15, 0.2) is 0 Å². The molecule has 2 aromatic carbocycles. The first-order valence-electron chi connectivity index (χ1n) is 7.05. The Morgan fingerprint density at radius 1 is 1.00 bits per heavy atom. The van der Waals surface area contributed by atoms with Crippen LogP contribution in [0.15, 0.2) is 65.3 Å². The van der Waals surface area contributed by atoms with E-state index in [-0.39, 0.29) is 6.04 Å². The van der Waals surface area contributed by atoms with Crippen LogP contribution in [-0.4, -0.2) is 11.0 Å². The maximum Gasteiger partial charge on any atom is 0.0704 e. The largest absolute Gasteiger partial charge is 0.327 e. The van der Waals surface area contributed by atoms with E-state index in [0.717, 1.165) is 22.8 Å². The van der Waals surface area contributed by atoms with Crippen LogP contribution in [0.4, 0.5) is 0 Å². The van der Waals surface area contributed by atoms with Gasteiger partial charge in [0.25, 0.3) is 0 Å². The Morgan fingerprint density at radius 2 is 1.86 bits per heavy atom. The maximum absolute atomic E-state index is 6.34. The molecular formula is C18H17BrN2. The smallest absolute Gasteiger partial charge is 0.0704 e. The minimum absolute atomic E-state index is 0.102. The van der Waals surface area contributed by atoms with Crippen molar-refractivity contribution in [2.45, 2.75) is 18.9 Å². The summed E-state index contributed by atoms with van der Waals surface area (Å²) in [6, 6.07) is 18.7. The summed E-state index contributed by atoms with van der Waals surface area (Å²) >= 11 is 3.50. The van der Waals surface area contributed by atoms with E-state index in [4.69, 9.17) is 5.73 Å². The summed E-state index contributed by atoms with van der Waals surface area (Å²) < 4.78 is 1.10. The van der Waals surface area contributed by atoms with Crippen molar-refractivity contribution in [2.24, 2.45) is 5.73 Å². The van der Waals surface area contributed by atoms with Crippen molar-refractivity contribution in [3.8, 4) is 0 Å². The first kappa shape index (κ1) is 14.2. The van der Waals surface area contributed by atoms with Gasteiger partial charge in [-0.2, -0.15) is 0 Å². The molecule has 2 nitrogen and oxygen atoms in total. The van der Waals surface area contributed by atoms with Crippen molar-refractivity contribution >= 4 is 26.8 Å². The molecule has 3 heteroatoms. The van der Waals surface area contributed by atoms with Gasteiger partial charge in [0.05, 0.1) is 5.52 Å². The van der Waals surface area contributed by atoms with Crippen molar-refractivity contribution in [3.05, 3.63) is 76.4 Å². The van der Waals surface area contributed by atoms with Crippen LogP contribution in [0, 0.1) is 0 Å². The average Bonchev–Trinajstić information content (AvgIpc) is 2.47. The highest BCUT2D eigenvalue weighted by atomic mass is 79.9. The third-order valence-corrected chi connectivity index (χ3v) is 4.10. The van der Waals surface area contributed by atoms with Gasteiger partial charge >= 0.3 is 0 Å². The molecule has 0 aliphatic heterocycles. The number of nitrogens with zero attached hydrogens (tertiary/aromatic N) is 1. The minimum Gasteiger partial charge on any atom is -0.327 e. The number of fused-ring (bicyclic) bond motifs is 1. The molecule has 0 saturated carbocycles. The first-order chi connectivity index (χ1) is 10.2. The molecule has 3 rings (SSSR count). The lowest BCUT2D eigenvalue weighted by Gasteiger charge is -2.13. The number of halogens is 1. The molecule has 1 atom stereocenters. The van der Waals surface area contributed by atoms with Gasteiger partial charge in [-0.1, -0.05) is 46.3 Å². The van der Waals surface area contributed by atoms with Gasteiger partial charge in [-0.05, 0) is 48.2 Å². The van der Waals surface area contributed by atoms with Gasteiger partial charge in [-0.3, -0.25) is 4.98 Å². The number of hydrogen-bond donors (Lipinski definition) is 1. The fourth-order valence-electron chi connectivity index (χ4n) is 2.65. The summed E-state index contributed by atoms with van der Waals surface area (Å²) in [6.45, 7) is 0. The van der Waals surface area contributed by atoms with Crippen LogP contribution in [-0.2, 0) is 12.8 Å². The summed E-state index contributed by atoms with van der Waals surface area (Å²) in [4.78, 5) is 4.40. The van der Waals surface area contributed by atoms with Crippen LogP contribution in [0.5, 0.6) is 0 Å². The van der Waals surface area contributed by atoms with E-state index in [0.29, 0.717) is 0 Å². The van der Waals surface area contributed by atoms with E-state index in [1.165, 1.54) is 16.5 Å². The molecule has 0 fully saturated rings. The standard InChI is InChI=1S/C18H17BrN2/c19-15-5-3-4-13(10-15)11-16(20)12-14-8-9-21-18-7-2-1-6-17(14)18/h1-10,16H,11-12,20H2. The van der Waals surface area contributed by atoms with Crippen LogP contribution in [0.2, 0.25) is 0 Å². The van der Waals surface area contributed by atoms with Crippen LogP contribution in [0.1, 0.15) is 11.1 Å². The van der Waals surface area contributed by atoms with Crippen LogP contribution >= 0.6 is 15.9 Å². The third kappa shape index (κ3) is 3.49. The lowest BCUT2D eigenvalue weighted by molar-refractivity contribution is 0.667. The molecule has 1 heterocycles. The Labute approximate surface area is 133 Å². The highest BCUT2D eigenvalue weighted by Crippen LogP contribution is 2.19. The minimum atomic E-state index is 0.102. The molecule has 21 heavy (non-hydrogen) atoms. The zero-order valence-corrected chi connectivity index (χ0v) is 13.3. The zero-order valence-electron chi connectivity index (χ0n) is 11.7. The predicted octanol–water partition coefficient (Wildman–Crippen LogP) is 4.11. The highest BCUT2D eigenvalue weighted by molar-refractivity contribution is 9.10. The maximum atomic E-state index is 6.34. The molecule has 0 amide bonds. The van der Waals surface area contributed by atoms with Gasteiger partial charge in [0, 0.05) is 22.1 Å². The zero-order chi connectivity index (χ0) is 14.7. The van der Waals surface area contributed by atoms with E-state index in [2.05, 4.69) is 45.2 Å². The molecule has 0 aliphatic carbocycles. The second kappa shape index (κ2) is 6.37. The predicted molar refractivity (Wildman–Crippen MR) is 91.3 cm³/mol. The number of rotatable bonds is 4. The molecule has 0 bridgehead atoms. The molecule has 0 saturated heterocycles. The van der Waals surface area contributed by atoms with Gasteiger partial charge in [0.1, 0.15) is 0 Å². The average molecular weight is 341 g/mol. The fourth-order valence-corrected chi connectivity index (χ4v) is 3.10. The van der Waals surface area contributed by atoms with E-state index < -0.39 is 0 Å². The molecule has 0 aliphatic rings. The molecular weight excluding hydrogens is 324 g/mol. The molecule has 0 spiro atoms. The Kier molecular flexibility index (Phi) is 4.32. The fraction of sp³-hybridized carbons (Fsp3) is 0.167. The van der Waals surface area contributed by atoms with Crippen LogP contribution in [0.3, 0.4) is 0 Å². The molecule has 106 valence electrons. The third-order valence-electron chi connectivity index (χ3n) is 3.61. The monoisotopic (exact) mass is 340 g/mol. The van der Waals surface area contributed by atoms with Crippen LogP contribution in [0.25, 0.3) is 10.9 Å². The molecule has 1 unspecified atom stereocenters. The Balaban J connectivity index is 1.79. The molecule has 1 aromatic heterocycles. The molecule has 0 radical (unpaired) electrons. The summed E-state index contributed by atoms with van der Waals surface area (Å²) in [5, 5.41) is 1.20. The first-order valence-corrected chi connectivity index (χ1v) is 7.84. The van der Waals surface area contributed by atoms with Crippen molar-refractivity contribution in [1.82, 2.24) is 4.98 Å². The van der Waals surface area contributed by atoms with Crippen molar-refractivity contribution < 1.29 is 0 Å². The summed E-state index contributed by atoms with van der Waals surface area (Å²) in [7, 11) is 0. The van der Waals surface area contributed by atoms with Crippen molar-refractivity contribution in [1.29, 1.82) is 0 Å². The van der Waals surface area contributed by atoms with Crippen molar-refractivity contribution in [2.75, 3.05) is 0 Å². The lowest BCUT2D eigenvalue weighted by Crippen LogP contribution is -2.25. The molecule has 2 N–H and O–H groups in total. The van der Waals surface area contributed by atoms with E-state index in [1.54, 1.807) is 0 Å². The van der Waals surface area contributed by atoms with E-state index in [9.17, 15) is 0 Å². The second-order valence-electron chi connectivity index (χ2n) is 5.29. The lowest BCUT2D eigenvalue weighted by atomic mass is 9.97. The quantitative estimate of drug-likeness (QED) is 0.776. The number of aromatic nitrogens is 1. The number of pyridine rings is 1. The summed E-state index contributed by atoms with van der Waals surface area (Å²) in [5.41, 5.74) is 9.90. The normalized spacial score (nSPS) is 12.5. The Hall–Kier alpha value is -1.71. The van der Waals surface area contributed by atoms with Crippen molar-refractivity contribution in [3.63, 3.8) is 0 Å². The van der Waals surface area contributed by atoms with Gasteiger partial charge in [-0.15, -0.1) is 0 Å². The van der Waals surface area contributed by atoms with Crippen LogP contribution < -0.4 is 5.73 Å². The Morgan fingerprint density at radius 3 is 2.71 bits per heavy atom. The topological polar surface area (TPSA) is 38.9 Å². The van der Waals surface area contributed by atoms with Gasteiger partial charge in [-0.25, -0.2) is 0 Å². The Bertz CT molecular complexity index is 750. The van der Waals surface area contributed by atoms with E-state index >= 15 is 0 Å². The SMILES string of the molecule is NC(Cc1cccc(Br)c1)Cc1ccnc2ccccc12.